The van der Waals surface area contributed by atoms with Crippen LogP contribution in [0.1, 0.15) is 40.7 Å². The van der Waals surface area contributed by atoms with Gasteiger partial charge in [0.25, 0.3) is 0 Å². The van der Waals surface area contributed by atoms with Crippen LogP contribution in [-0.2, 0) is 20.7 Å². The summed E-state index contributed by atoms with van der Waals surface area (Å²) < 4.78 is 6.41. The molecule has 142 valence electrons. The van der Waals surface area contributed by atoms with E-state index in [2.05, 4.69) is 53.8 Å². The van der Waals surface area contributed by atoms with Crippen molar-refractivity contribution >= 4 is 11.9 Å². The lowest BCUT2D eigenvalue weighted by Crippen LogP contribution is -2.23. The van der Waals surface area contributed by atoms with Gasteiger partial charge in [-0.2, -0.15) is 0 Å². The Morgan fingerprint density at radius 2 is 1.56 bits per heavy atom. The van der Waals surface area contributed by atoms with E-state index in [1.165, 1.54) is 22.3 Å². The van der Waals surface area contributed by atoms with Crippen molar-refractivity contribution < 1.29 is 24.5 Å². The summed E-state index contributed by atoms with van der Waals surface area (Å²) in [4.78, 5) is 18.2. The summed E-state index contributed by atoms with van der Waals surface area (Å²) in [5.74, 6) is -3.16. The Morgan fingerprint density at radius 3 is 2.15 bits per heavy atom. The monoisotopic (exact) mass is 369 g/mol. The second kappa shape index (κ2) is 8.33. The van der Waals surface area contributed by atoms with Crippen molar-refractivity contribution in [3.05, 3.63) is 70.8 Å². The summed E-state index contributed by atoms with van der Waals surface area (Å²) in [6.45, 7) is 0.928. The maximum absolute atomic E-state index is 9.10. The quantitative estimate of drug-likeness (QED) is 0.704. The number of nitrogens with one attached hydrogen (secondary N) is 1. The van der Waals surface area contributed by atoms with Crippen LogP contribution in [0.15, 0.2) is 48.5 Å². The molecule has 1 aliphatic carbocycles. The van der Waals surface area contributed by atoms with E-state index < -0.39 is 11.9 Å². The van der Waals surface area contributed by atoms with Gasteiger partial charge < -0.3 is 20.3 Å². The molecule has 4 rings (SSSR count). The average molecular weight is 369 g/mol. The van der Waals surface area contributed by atoms with Crippen LogP contribution in [0.4, 0.5) is 0 Å². The number of benzene rings is 2. The average Bonchev–Trinajstić information content (AvgIpc) is 3.01. The molecule has 0 bridgehead atoms. The van der Waals surface area contributed by atoms with Crippen LogP contribution in [0.25, 0.3) is 0 Å². The van der Waals surface area contributed by atoms with Crippen molar-refractivity contribution in [2.24, 2.45) is 0 Å². The maximum Gasteiger partial charge on any atom is 0.414 e. The van der Waals surface area contributed by atoms with Crippen molar-refractivity contribution in [1.29, 1.82) is 0 Å². The minimum absolute atomic E-state index is 0.211. The molecule has 0 saturated carbocycles. The normalized spacial score (nSPS) is 22.3. The number of carboxylic acids is 2. The lowest BCUT2D eigenvalue weighted by molar-refractivity contribution is -0.159. The Bertz CT molecular complexity index is 769. The third-order valence-corrected chi connectivity index (χ3v) is 5.03. The van der Waals surface area contributed by atoms with Gasteiger partial charge in [0, 0.05) is 12.5 Å². The number of likely N-dealkylation sites (N-methyl/N-ethyl adjacent to an activating group) is 1. The number of rotatable bonds is 2. The minimum atomic E-state index is -1.82. The molecule has 6 heteroatoms. The van der Waals surface area contributed by atoms with Crippen molar-refractivity contribution in [1.82, 2.24) is 5.32 Å². The van der Waals surface area contributed by atoms with Crippen LogP contribution in [0.5, 0.6) is 0 Å². The zero-order valence-corrected chi connectivity index (χ0v) is 15.1. The number of ether oxygens (including phenoxy) is 1. The molecule has 0 radical (unpaired) electrons. The van der Waals surface area contributed by atoms with Gasteiger partial charge in [-0.05, 0) is 42.1 Å². The fourth-order valence-electron chi connectivity index (χ4n) is 3.94. The lowest BCUT2D eigenvalue weighted by atomic mass is 9.87. The van der Waals surface area contributed by atoms with Gasteiger partial charge in [-0.3, -0.25) is 0 Å². The fraction of sp³-hybridized carbons (Fsp3) is 0.333. The number of fused-ring (bicyclic) bond motifs is 5. The van der Waals surface area contributed by atoms with Crippen LogP contribution >= 0.6 is 0 Å². The molecule has 2 aliphatic rings. The third-order valence-electron chi connectivity index (χ3n) is 5.03. The highest BCUT2D eigenvalue weighted by Gasteiger charge is 2.40. The molecule has 6 nitrogen and oxygen atoms in total. The first kappa shape index (κ1) is 19.1. The molecule has 3 N–H and O–H groups in total. The highest BCUT2D eigenvalue weighted by Crippen LogP contribution is 2.48. The van der Waals surface area contributed by atoms with Gasteiger partial charge >= 0.3 is 11.9 Å². The molecule has 27 heavy (non-hydrogen) atoms. The van der Waals surface area contributed by atoms with E-state index in [1.54, 1.807) is 0 Å². The van der Waals surface area contributed by atoms with E-state index in [-0.39, 0.29) is 6.10 Å². The van der Waals surface area contributed by atoms with Crippen LogP contribution < -0.4 is 5.32 Å². The standard InChI is InChI=1S/C19H21NO.C2H2O4/c1-20-12-15-11-18-16-8-4-2-6-13(16)10-14-7-3-5-9-17(14)19(18)21-15;3-1(4)2(5)6/h2-9,15,18-20H,10-12H2,1H3;(H,3,4)(H,5,6). The minimum Gasteiger partial charge on any atom is -0.473 e. The predicted molar refractivity (Wildman–Crippen MR) is 99.9 cm³/mol. The van der Waals surface area contributed by atoms with E-state index >= 15 is 0 Å². The summed E-state index contributed by atoms with van der Waals surface area (Å²) in [6.07, 6.45) is 2.66. The zero-order valence-electron chi connectivity index (χ0n) is 15.1. The number of hydrogen-bond donors (Lipinski definition) is 3. The molecule has 1 saturated heterocycles. The molecule has 1 aliphatic heterocycles. The largest absolute Gasteiger partial charge is 0.473 e. The second-order valence-electron chi connectivity index (χ2n) is 6.76. The van der Waals surface area contributed by atoms with Crippen molar-refractivity contribution in [3.8, 4) is 0 Å². The molecule has 1 heterocycles. The lowest BCUT2D eigenvalue weighted by Gasteiger charge is -2.19. The van der Waals surface area contributed by atoms with Crippen molar-refractivity contribution in [2.75, 3.05) is 13.6 Å². The molecule has 2 aromatic rings. The van der Waals surface area contributed by atoms with E-state index in [0.29, 0.717) is 12.0 Å². The first-order valence-electron chi connectivity index (χ1n) is 8.93. The number of carbonyl (C=O) groups is 2. The van der Waals surface area contributed by atoms with Gasteiger partial charge in [-0.15, -0.1) is 0 Å². The van der Waals surface area contributed by atoms with Gasteiger partial charge in [-0.1, -0.05) is 48.5 Å². The van der Waals surface area contributed by atoms with Crippen LogP contribution in [0, 0.1) is 0 Å². The van der Waals surface area contributed by atoms with Gasteiger partial charge in [0.05, 0.1) is 12.2 Å². The molecule has 2 aromatic carbocycles. The first-order valence-corrected chi connectivity index (χ1v) is 8.93. The smallest absolute Gasteiger partial charge is 0.414 e. The molecule has 0 spiro atoms. The summed E-state index contributed by atoms with van der Waals surface area (Å²) >= 11 is 0. The molecule has 0 amide bonds. The van der Waals surface area contributed by atoms with Gasteiger partial charge in [-0.25, -0.2) is 9.59 Å². The Hall–Kier alpha value is -2.70. The highest BCUT2D eigenvalue weighted by molar-refractivity contribution is 6.27. The van der Waals surface area contributed by atoms with Gasteiger partial charge in [0.2, 0.25) is 0 Å². The Morgan fingerprint density at radius 1 is 1.00 bits per heavy atom. The third kappa shape index (κ3) is 4.18. The Labute approximate surface area is 157 Å². The van der Waals surface area contributed by atoms with Gasteiger partial charge in [0.1, 0.15) is 0 Å². The summed E-state index contributed by atoms with van der Waals surface area (Å²) in [5.41, 5.74) is 5.75. The van der Waals surface area contributed by atoms with E-state index in [1.807, 2.05) is 7.05 Å². The van der Waals surface area contributed by atoms with E-state index in [4.69, 9.17) is 24.5 Å². The maximum atomic E-state index is 9.10. The number of carboxylic acid groups (broad SMARTS) is 2. The number of hydrogen-bond acceptors (Lipinski definition) is 4. The molecule has 1 fully saturated rings. The topological polar surface area (TPSA) is 95.9 Å². The zero-order chi connectivity index (χ0) is 19.4. The van der Waals surface area contributed by atoms with Crippen molar-refractivity contribution in [3.63, 3.8) is 0 Å². The van der Waals surface area contributed by atoms with Crippen molar-refractivity contribution in [2.45, 2.75) is 31.0 Å². The van der Waals surface area contributed by atoms with E-state index in [0.717, 1.165) is 19.4 Å². The number of aliphatic carboxylic acids is 2. The highest BCUT2D eigenvalue weighted by atomic mass is 16.5. The Kier molecular flexibility index (Phi) is 5.88. The SMILES string of the molecule is CNCC1CC2c3ccccc3Cc3ccccc3C2O1.O=C(O)C(=O)O. The Balaban J connectivity index is 0.000000307. The van der Waals surface area contributed by atoms with Gasteiger partial charge in [0.15, 0.2) is 0 Å². The summed E-state index contributed by atoms with van der Waals surface area (Å²) in [7, 11) is 2.00. The first-order chi connectivity index (χ1) is 13.0. The van der Waals surface area contributed by atoms with Crippen LogP contribution in [0.3, 0.4) is 0 Å². The fourth-order valence-corrected chi connectivity index (χ4v) is 3.94. The molecular formula is C21H23NO5. The predicted octanol–water partition coefficient (Wildman–Crippen LogP) is 2.58. The van der Waals surface area contributed by atoms with Crippen LogP contribution in [0.2, 0.25) is 0 Å². The summed E-state index contributed by atoms with van der Waals surface area (Å²) in [6, 6.07) is 17.7. The summed E-state index contributed by atoms with van der Waals surface area (Å²) in [5, 5.41) is 18.0. The molecule has 3 atom stereocenters. The molecular weight excluding hydrogens is 346 g/mol. The second-order valence-corrected chi connectivity index (χ2v) is 6.76. The van der Waals surface area contributed by atoms with E-state index in [9.17, 15) is 0 Å². The van der Waals surface area contributed by atoms with Crippen LogP contribution in [-0.4, -0.2) is 41.8 Å². The molecule has 0 aromatic heterocycles. The molecule has 3 unspecified atom stereocenters.